The third kappa shape index (κ3) is 2.30. The minimum absolute atomic E-state index is 0.276. The maximum absolute atomic E-state index is 12.9. The number of hydrogen-bond acceptors (Lipinski definition) is 3. The zero-order valence-corrected chi connectivity index (χ0v) is 11.7. The van der Waals surface area contributed by atoms with Crippen LogP contribution in [-0.4, -0.2) is 29.0 Å². The van der Waals surface area contributed by atoms with Gasteiger partial charge in [-0.05, 0) is 44.4 Å². The Hall–Kier alpha value is -1.61. The lowest BCUT2D eigenvalue weighted by Crippen LogP contribution is -2.47. The molecular weight excluding hydrogens is 279 g/mol. The van der Waals surface area contributed by atoms with Gasteiger partial charge in [-0.3, -0.25) is 4.98 Å². The van der Waals surface area contributed by atoms with E-state index in [1.165, 1.54) is 6.20 Å². The lowest BCUT2D eigenvalue weighted by atomic mass is 9.71. The van der Waals surface area contributed by atoms with E-state index in [2.05, 4.69) is 16.0 Å². The Balaban J connectivity index is 2.00. The van der Waals surface area contributed by atoms with Gasteiger partial charge in [0.05, 0.1) is 17.0 Å². The highest BCUT2D eigenvalue weighted by atomic mass is 19.4. The summed E-state index contributed by atoms with van der Waals surface area (Å²) in [5.41, 5.74) is -1.21. The maximum Gasteiger partial charge on any atom is 0.417 e. The Bertz CT molecular complexity index is 577. The number of piperidine rings is 1. The van der Waals surface area contributed by atoms with E-state index in [1.807, 2.05) is 7.05 Å². The van der Waals surface area contributed by atoms with Crippen molar-refractivity contribution >= 4 is 0 Å². The third-order valence-corrected chi connectivity index (χ3v) is 4.99. The molecular formula is C15H16F3N3. The van der Waals surface area contributed by atoms with Crippen LogP contribution < -0.4 is 0 Å². The molecule has 0 amide bonds. The summed E-state index contributed by atoms with van der Waals surface area (Å²) in [6.07, 6.45) is 0.998. The van der Waals surface area contributed by atoms with Crippen molar-refractivity contribution in [3.05, 3.63) is 29.6 Å². The van der Waals surface area contributed by atoms with Crippen LogP contribution in [0.1, 0.15) is 36.8 Å². The molecule has 2 atom stereocenters. The van der Waals surface area contributed by atoms with Crippen molar-refractivity contribution in [1.29, 1.82) is 5.26 Å². The van der Waals surface area contributed by atoms with Crippen LogP contribution in [0.5, 0.6) is 0 Å². The van der Waals surface area contributed by atoms with Gasteiger partial charge in [-0.15, -0.1) is 0 Å². The first-order chi connectivity index (χ1) is 9.86. The van der Waals surface area contributed by atoms with Crippen LogP contribution in [0.15, 0.2) is 18.5 Å². The van der Waals surface area contributed by atoms with Gasteiger partial charge in [0.1, 0.15) is 0 Å². The van der Waals surface area contributed by atoms with E-state index < -0.39 is 17.2 Å². The van der Waals surface area contributed by atoms with Gasteiger partial charge in [0.2, 0.25) is 0 Å². The topological polar surface area (TPSA) is 39.9 Å². The molecule has 1 aromatic rings. The van der Waals surface area contributed by atoms with Gasteiger partial charge in [-0.2, -0.15) is 18.4 Å². The average molecular weight is 295 g/mol. The minimum Gasteiger partial charge on any atom is -0.300 e. The third-order valence-electron chi connectivity index (χ3n) is 4.99. The summed E-state index contributed by atoms with van der Waals surface area (Å²) in [7, 11) is 2.04. The first-order valence-corrected chi connectivity index (χ1v) is 7.02. The van der Waals surface area contributed by atoms with Gasteiger partial charge in [0.15, 0.2) is 0 Å². The number of rotatable bonds is 1. The van der Waals surface area contributed by atoms with Crippen LogP contribution in [0.4, 0.5) is 13.2 Å². The normalized spacial score (nSPS) is 32.9. The molecule has 0 saturated carbocycles. The highest BCUT2D eigenvalue weighted by Gasteiger charge is 2.48. The molecule has 0 N–H and O–H groups in total. The smallest absolute Gasteiger partial charge is 0.300 e. The molecule has 2 bridgehead atoms. The van der Waals surface area contributed by atoms with Crippen molar-refractivity contribution in [3.63, 3.8) is 0 Å². The van der Waals surface area contributed by atoms with Crippen molar-refractivity contribution < 1.29 is 13.2 Å². The molecule has 0 spiro atoms. The summed E-state index contributed by atoms with van der Waals surface area (Å²) in [5, 5.41) is 9.66. The zero-order chi connectivity index (χ0) is 15.3. The first-order valence-electron chi connectivity index (χ1n) is 7.02. The predicted molar refractivity (Wildman–Crippen MR) is 70.3 cm³/mol. The molecule has 0 aliphatic carbocycles. The minimum atomic E-state index is -4.43. The highest BCUT2D eigenvalue weighted by molar-refractivity contribution is 5.36. The highest BCUT2D eigenvalue weighted by Crippen LogP contribution is 2.46. The molecule has 2 unspecified atom stereocenters. The zero-order valence-electron chi connectivity index (χ0n) is 11.7. The quantitative estimate of drug-likeness (QED) is 0.799. The molecule has 112 valence electrons. The summed E-state index contributed by atoms with van der Waals surface area (Å²) in [6, 6.07) is 3.95. The van der Waals surface area contributed by atoms with Crippen LogP contribution in [-0.2, 0) is 11.6 Å². The van der Waals surface area contributed by atoms with Crippen molar-refractivity contribution in [2.75, 3.05) is 7.05 Å². The molecule has 2 aliphatic heterocycles. The van der Waals surface area contributed by atoms with Crippen molar-refractivity contribution in [2.45, 2.75) is 49.4 Å². The Morgan fingerprint density at radius 3 is 2.43 bits per heavy atom. The fraction of sp³-hybridized carbons (Fsp3) is 0.600. The lowest BCUT2D eigenvalue weighted by Gasteiger charge is -2.41. The number of pyridine rings is 1. The Labute approximate surface area is 121 Å². The number of hydrogen-bond donors (Lipinski definition) is 0. The summed E-state index contributed by atoms with van der Waals surface area (Å²) in [6.45, 7) is 0. The fourth-order valence-electron chi connectivity index (χ4n) is 3.72. The number of alkyl halides is 3. The van der Waals surface area contributed by atoms with E-state index in [0.29, 0.717) is 18.4 Å². The van der Waals surface area contributed by atoms with E-state index in [4.69, 9.17) is 0 Å². The van der Waals surface area contributed by atoms with Gasteiger partial charge >= 0.3 is 6.18 Å². The summed E-state index contributed by atoms with van der Waals surface area (Å²) in [4.78, 5) is 5.98. The van der Waals surface area contributed by atoms with Gasteiger partial charge in [-0.1, -0.05) is 0 Å². The monoisotopic (exact) mass is 295 g/mol. The second kappa shape index (κ2) is 4.70. The second-order valence-corrected chi connectivity index (χ2v) is 6.11. The summed E-state index contributed by atoms with van der Waals surface area (Å²) < 4.78 is 38.6. The largest absolute Gasteiger partial charge is 0.417 e. The van der Waals surface area contributed by atoms with Crippen LogP contribution in [0.3, 0.4) is 0 Å². The Morgan fingerprint density at radius 1 is 1.29 bits per heavy atom. The molecule has 3 heterocycles. The molecule has 0 radical (unpaired) electrons. The van der Waals surface area contributed by atoms with E-state index in [1.54, 1.807) is 0 Å². The number of halogens is 3. The van der Waals surface area contributed by atoms with Crippen LogP contribution in [0.25, 0.3) is 0 Å². The Kier molecular flexibility index (Phi) is 3.21. The molecule has 2 fully saturated rings. The van der Waals surface area contributed by atoms with Crippen molar-refractivity contribution in [3.8, 4) is 6.07 Å². The van der Waals surface area contributed by atoms with E-state index in [0.717, 1.165) is 25.1 Å². The first kappa shape index (κ1) is 14.3. The lowest BCUT2D eigenvalue weighted by molar-refractivity contribution is -0.137. The molecule has 2 saturated heterocycles. The molecule has 3 rings (SSSR count). The molecule has 21 heavy (non-hydrogen) atoms. The fourth-order valence-corrected chi connectivity index (χ4v) is 3.72. The second-order valence-electron chi connectivity index (χ2n) is 6.11. The molecule has 0 aromatic carbocycles. The standard InChI is InChI=1S/C15H16F3N3/c1-21-12-2-3-13(21)6-14(5-12,9-19)10-4-11(8-20-7-10)15(16,17)18/h4,7-8,12-13H,2-3,5-6H2,1H3. The van der Waals surface area contributed by atoms with Gasteiger partial charge in [-0.25, -0.2) is 0 Å². The van der Waals surface area contributed by atoms with E-state index in [-0.39, 0.29) is 12.1 Å². The van der Waals surface area contributed by atoms with Crippen molar-refractivity contribution in [2.24, 2.45) is 0 Å². The van der Waals surface area contributed by atoms with Gasteiger partial charge < -0.3 is 4.90 Å². The predicted octanol–water partition coefficient (Wildman–Crippen LogP) is 3.12. The molecule has 2 aliphatic rings. The van der Waals surface area contributed by atoms with Gasteiger partial charge in [0, 0.05) is 24.5 Å². The average Bonchev–Trinajstić information content (AvgIpc) is 2.69. The van der Waals surface area contributed by atoms with Gasteiger partial charge in [0.25, 0.3) is 0 Å². The van der Waals surface area contributed by atoms with Crippen LogP contribution in [0.2, 0.25) is 0 Å². The maximum atomic E-state index is 12.9. The van der Waals surface area contributed by atoms with E-state index in [9.17, 15) is 18.4 Å². The van der Waals surface area contributed by atoms with E-state index >= 15 is 0 Å². The van der Waals surface area contributed by atoms with Crippen molar-refractivity contribution in [1.82, 2.24) is 9.88 Å². The molecule has 6 heteroatoms. The molecule has 1 aromatic heterocycles. The molecule has 3 nitrogen and oxygen atoms in total. The van der Waals surface area contributed by atoms with Crippen LogP contribution >= 0.6 is 0 Å². The summed E-state index contributed by atoms with van der Waals surface area (Å²) in [5.74, 6) is 0. The number of aromatic nitrogens is 1. The number of nitrogens with zero attached hydrogens (tertiary/aromatic N) is 3. The Morgan fingerprint density at radius 2 is 1.90 bits per heavy atom. The number of nitriles is 1. The SMILES string of the molecule is CN1C2CCC1CC(C#N)(c1cncc(C(F)(F)F)c1)C2. The van der Waals surface area contributed by atoms with Crippen LogP contribution in [0, 0.1) is 11.3 Å². The number of fused-ring (bicyclic) bond motifs is 2. The summed E-state index contributed by atoms with van der Waals surface area (Å²) >= 11 is 0.